The number of amides is 1. The number of nitro groups is 1. The van der Waals surface area contributed by atoms with Gasteiger partial charge in [0.2, 0.25) is 0 Å². The van der Waals surface area contributed by atoms with E-state index in [-0.39, 0.29) is 29.2 Å². The molecule has 1 amide bonds. The number of nitro benzene ring substituents is 1. The van der Waals surface area contributed by atoms with Gasteiger partial charge in [0, 0.05) is 28.7 Å². The number of rotatable bonds is 6. The SMILES string of the molecule is Cc1cnc(C(C)Nc2ccc(C(=O)NC(C)C)cc2[N+](=O)[O-])s1. The van der Waals surface area contributed by atoms with Crippen molar-refractivity contribution < 1.29 is 9.72 Å². The molecule has 2 N–H and O–H groups in total. The number of nitrogens with zero attached hydrogens (tertiary/aromatic N) is 2. The molecule has 0 aliphatic rings. The van der Waals surface area contributed by atoms with Crippen molar-refractivity contribution in [2.75, 3.05) is 5.32 Å². The van der Waals surface area contributed by atoms with Crippen LogP contribution in [0.4, 0.5) is 11.4 Å². The number of benzene rings is 1. The van der Waals surface area contributed by atoms with Crippen LogP contribution in [0.1, 0.15) is 47.1 Å². The van der Waals surface area contributed by atoms with Crippen LogP contribution in [0.3, 0.4) is 0 Å². The predicted octanol–water partition coefficient (Wildman–Crippen LogP) is 3.67. The first-order valence-electron chi connectivity index (χ1n) is 7.56. The summed E-state index contributed by atoms with van der Waals surface area (Å²) in [6.45, 7) is 7.51. The lowest BCUT2D eigenvalue weighted by Gasteiger charge is -2.14. The van der Waals surface area contributed by atoms with Crippen LogP contribution in [-0.4, -0.2) is 21.9 Å². The minimum absolute atomic E-state index is 0.0393. The Morgan fingerprint density at radius 3 is 2.58 bits per heavy atom. The van der Waals surface area contributed by atoms with E-state index in [1.165, 1.54) is 17.4 Å². The number of carbonyl (C=O) groups is 1. The molecule has 0 saturated heterocycles. The Bertz CT molecular complexity index is 758. The highest BCUT2D eigenvalue weighted by Gasteiger charge is 2.20. The highest BCUT2D eigenvalue weighted by atomic mass is 32.1. The number of hydrogen-bond acceptors (Lipinski definition) is 6. The molecule has 0 radical (unpaired) electrons. The summed E-state index contributed by atoms with van der Waals surface area (Å²) in [5.41, 5.74) is 0.492. The van der Waals surface area contributed by atoms with Crippen molar-refractivity contribution in [1.82, 2.24) is 10.3 Å². The molecular weight excluding hydrogens is 328 g/mol. The number of thiazole rings is 1. The van der Waals surface area contributed by atoms with Gasteiger partial charge in [-0.25, -0.2) is 4.98 Å². The van der Waals surface area contributed by atoms with Crippen molar-refractivity contribution in [3.63, 3.8) is 0 Å². The Balaban J connectivity index is 2.26. The minimum Gasteiger partial charge on any atom is -0.371 e. The lowest BCUT2D eigenvalue weighted by molar-refractivity contribution is -0.384. The number of aryl methyl sites for hydroxylation is 1. The zero-order valence-electron chi connectivity index (χ0n) is 14.0. The van der Waals surface area contributed by atoms with Gasteiger partial charge in [0.05, 0.1) is 11.0 Å². The molecule has 1 atom stereocenters. The van der Waals surface area contributed by atoms with Gasteiger partial charge in [-0.05, 0) is 39.8 Å². The summed E-state index contributed by atoms with van der Waals surface area (Å²) >= 11 is 1.54. The van der Waals surface area contributed by atoms with Gasteiger partial charge in [0.15, 0.2) is 0 Å². The Labute approximate surface area is 144 Å². The molecule has 1 aromatic carbocycles. The van der Waals surface area contributed by atoms with Gasteiger partial charge in [0.1, 0.15) is 10.7 Å². The molecule has 2 aromatic rings. The molecule has 0 bridgehead atoms. The van der Waals surface area contributed by atoms with Crippen LogP contribution in [-0.2, 0) is 0 Å². The number of anilines is 1. The van der Waals surface area contributed by atoms with E-state index in [0.29, 0.717) is 5.69 Å². The van der Waals surface area contributed by atoms with Crippen LogP contribution >= 0.6 is 11.3 Å². The van der Waals surface area contributed by atoms with E-state index in [1.54, 1.807) is 18.3 Å². The number of carbonyl (C=O) groups excluding carboxylic acids is 1. The number of aromatic nitrogens is 1. The zero-order chi connectivity index (χ0) is 17.9. The normalized spacial score (nSPS) is 12.0. The predicted molar refractivity (Wildman–Crippen MR) is 94.6 cm³/mol. The maximum Gasteiger partial charge on any atom is 0.293 e. The van der Waals surface area contributed by atoms with Crippen molar-refractivity contribution in [3.05, 3.63) is 50.0 Å². The smallest absolute Gasteiger partial charge is 0.293 e. The summed E-state index contributed by atoms with van der Waals surface area (Å²) in [7, 11) is 0. The second-order valence-electron chi connectivity index (χ2n) is 5.79. The molecule has 1 unspecified atom stereocenters. The Hall–Kier alpha value is -2.48. The summed E-state index contributed by atoms with van der Waals surface area (Å²) in [6.07, 6.45) is 1.77. The molecule has 8 heteroatoms. The maximum atomic E-state index is 12.0. The fourth-order valence-corrected chi connectivity index (χ4v) is 2.94. The summed E-state index contributed by atoms with van der Waals surface area (Å²) < 4.78 is 0. The highest BCUT2D eigenvalue weighted by molar-refractivity contribution is 7.11. The average Bonchev–Trinajstić information content (AvgIpc) is 2.93. The van der Waals surface area contributed by atoms with E-state index >= 15 is 0 Å². The van der Waals surface area contributed by atoms with Crippen LogP contribution in [0.25, 0.3) is 0 Å². The third-order valence-electron chi connectivity index (χ3n) is 3.26. The van der Waals surface area contributed by atoms with Crippen molar-refractivity contribution in [2.45, 2.75) is 39.8 Å². The van der Waals surface area contributed by atoms with E-state index in [1.807, 2.05) is 27.7 Å². The van der Waals surface area contributed by atoms with Gasteiger partial charge in [0.25, 0.3) is 11.6 Å². The number of nitrogens with one attached hydrogen (secondary N) is 2. The minimum atomic E-state index is -0.492. The van der Waals surface area contributed by atoms with Crippen molar-refractivity contribution >= 4 is 28.6 Å². The molecular formula is C16H20N4O3S. The monoisotopic (exact) mass is 348 g/mol. The topological polar surface area (TPSA) is 97.2 Å². The van der Waals surface area contributed by atoms with Crippen molar-refractivity contribution in [1.29, 1.82) is 0 Å². The first-order chi connectivity index (χ1) is 11.3. The quantitative estimate of drug-likeness (QED) is 0.613. The van der Waals surface area contributed by atoms with Crippen LogP contribution in [0, 0.1) is 17.0 Å². The van der Waals surface area contributed by atoms with Gasteiger partial charge < -0.3 is 10.6 Å². The summed E-state index contributed by atoms with van der Waals surface area (Å²) in [6, 6.07) is 4.22. The molecule has 24 heavy (non-hydrogen) atoms. The number of hydrogen-bond donors (Lipinski definition) is 2. The van der Waals surface area contributed by atoms with E-state index in [4.69, 9.17) is 0 Å². The van der Waals surface area contributed by atoms with Gasteiger partial charge in [-0.15, -0.1) is 11.3 Å². The van der Waals surface area contributed by atoms with E-state index in [2.05, 4.69) is 15.6 Å². The molecule has 128 valence electrons. The van der Waals surface area contributed by atoms with Gasteiger partial charge in [-0.2, -0.15) is 0 Å². The van der Waals surface area contributed by atoms with Crippen LogP contribution in [0.2, 0.25) is 0 Å². The van der Waals surface area contributed by atoms with Crippen molar-refractivity contribution in [3.8, 4) is 0 Å². The van der Waals surface area contributed by atoms with E-state index in [9.17, 15) is 14.9 Å². The van der Waals surface area contributed by atoms with Gasteiger partial charge >= 0.3 is 0 Å². The largest absolute Gasteiger partial charge is 0.371 e. The molecule has 2 rings (SSSR count). The summed E-state index contributed by atoms with van der Waals surface area (Å²) in [4.78, 5) is 28.3. The lowest BCUT2D eigenvalue weighted by atomic mass is 10.1. The Kier molecular flexibility index (Phi) is 5.50. The first-order valence-corrected chi connectivity index (χ1v) is 8.37. The van der Waals surface area contributed by atoms with Crippen LogP contribution < -0.4 is 10.6 Å². The molecule has 0 saturated carbocycles. The third kappa shape index (κ3) is 4.29. The molecule has 0 aliphatic heterocycles. The summed E-state index contributed by atoms with van der Waals surface area (Å²) in [5, 5.41) is 18.0. The molecule has 7 nitrogen and oxygen atoms in total. The Morgan fingerprint density at radius 2 is 2.04 bits per heavy atom. The third-order valence-corrected chi connectivity index (χ3v) is 4.35. The molecule has 1 heterocycles. The molecule has 0 spiro atoms. The fourth-order valence-electron chi connectivity index (χ4n) is 2.16. The first kappa shape index (κ1) is 17.9. The molecule has 1 aromatic heterocycles. The second-order valence-corrected chi connectivity index (χ2v) is 7.06. The van der Waals surface area contributed by atoms with Gasteiger partial charge in [-0.1, -0.05) is 0 Å². The highest BCUT2D eigenvalue weighted by Crippen LogP contribution is 2.30. The van der Waals surface area contributed by atoms with Gasteiger partial charge in [-0.3, -0.25) is 14.9 Å². The molecule has 0 aliphatic carbocycles. The fraction of sp³-hybridized carbons (Fsp3) is 0.375. The lowest BCUT2D eigenvalue weighted by Crippen LogP contribution is -2.30. The maximum absolute atomic E-state index is 12.0. The van der Waals surface area contributed by atoms with Crippen LogP contribution in [0.5, 0.6) is 0 Å². The van der Waals surface area contributed by atoms with E-state index in [0.717, 1.165) is 9.88 Å². The molecule has 0 fully saturated rings. The Morgan fingerprint density at radius 1 is 1.33 bits per heavy atom. The standard InChI is InChI=1S/C16H20N4O3S/c1-9(2)18-15(21)12-5-6-13(14(7-12)20(22)23)19-11(4)16-17-8-10(3)24-16/h5-9,11,19H,1-4H3,(H,18,21). The van der Waals surface area contributed by atoms with Crippen LogP contribution in [0.15, 0.2) is 24.4 Å². The van der Waals surface area contributed by atoms with E-state index < -0.39 is 4.92 Å². The average molecular weight is 348 g/mol. The summed E-state index contributed by atoms with van der Waals surface area (Å²) in [5.74, 6) is -0.330. The van der Waals surface area contributed by atoms with Crippen molar-refractivity contribution in [2.24, 2.45) is 0 Å². The zero-order valence-corrected chi connectivity index (χ0v) is 14.8. The second kappa shape index (κ2) is 7.39.